The summed E-state index contributed by atoms with van der Waals surface area (Å²) in [4.78, 5) is 10.8. The number of carbonyl (C=O) groups is 1. The Kier molecular flexibility index (Phi) is 2.49. The van der Waals surface area contributed by atoms with Crippen LogP contribution in [0.25, 0.3) is 0 Å². The Balaban J connectivity index is 2.24. The van der Waals surface area contributed by atoms with Gasteiger partial charge in [-0.05, 0) is 13.0 Å². The predicted molar refractivity (Wildman–Crippen MR) is 56.0 cm³/mol. The van der Waals surface area contributed by atoms with E-state index in [-0.39, 0.29) is 17.5 Å². The van der Waals surface area contributed by atoms with Gasteiger partial charge in [0.2, 0.25) is 0 Å². The van der Waals surface area contributed by atoms with Crippen molar-refractivity contribution >= 4 is 15.8 Å². The Morgan fingerprint density at radius 1 is 1.62 bits per heavy atom. The minimum Gasteiger partial charge on any atom is -0.481 e. The summed E-state index contributed by atoms with van der Waals surface area (Å²) in [5.41, 5.74) is 0.549. The van der Waals surface area contributed by atoms with Crippen LogP contribution in [-0.2, 0) is 14.6 Å². The van der Waals surface area contributed by atoms with E-state index < -0.39 is 21.7 Å². The fourth-order valence-electron chi connectivity index (χ4n) is 1.78. The molecule has 1 N–H and O–H groups in total. The molecule has 1 aromatic heterocycles. The van der Waals surface area contributed by atoms with E-state index in [2.05, 4.69) is 5.10 Å². The van der Waals surface area contributed by atoms with Crippen molar-refractivity contribution in [3.63, 3.8) is 0 Å². The van der Waals surface area contributed by atoms with Gasteiger partial charge in [-0.2, -0.15) is 5.10 Å². The number of carboxylic acid groups (broad SMARTS) is 1. The molecule has 7 heteroatoms. The molecule has 0 bridgehead atoms. The van der Waals surface area contributed by atoms with Gasteiger partial charge in [-0.25, -0.2) is 8.42 Å². The topological polar surface area (TPSA) is 89.3 Å². The molecule has 2 heterocycles. The van der Waals surface area contributed by atoms with E-state index in [1.807, 2.05) is 0 Å². The Morgan fingerprint density at radius 2 is 2.25 bits per heavy atom. The molecule has 1 saturated heterocycles. The van der Waals surface area contributed by atoms with E-state index in [0.717, 1.165) is 0 Å². The van der Waals surface area contributed by atoms with Crippen LogP contribution in [0, 0.1) is 0 Å². The molecule has 0 aromatic carbocycles. The Labute approximate surface area is 92.8 Å². The van der Waals surface area contributed by atoms with Gasteiger partial charge in [0.25, 0.3) is 0 Å². The fourth-order valence-corrected chi connectivity index (χ4v) is 3.13. The highest BCUT2D eigenvalue weighted by Crippen LogP contribution is 2.27. The standard InChI is InChI=1S/C9H12N2O4S/c1-6(9(12)13)8-2-3-10-11(8)7-4-16(14,15)5-7/h2-3,6-7H,4-5H2,1H3,(H,12,13). The maximum absolute atomic E-state index is 11.1. The van der Waals surface area contributed by atoms with E-state index in [1.54, 1.807) is 13.0 Å². The predicted octanol–water partition coefficient (Wildman–Crippen LogP) is 0.0407. The molecule has 0 radical (unpaired) electrons. The number of rotatable bonds is 3. The average Bonchev–Trinajstić information content (AvgIpc) is 2.60. The summed E-state index contributed by atoms with van der Waals surface area (Å²) < 4.78 is 23.6. The summed E-state index contributed by atoms with van der Waals surface area (Å²) in [7, 11) is -2.93. The number of sulfone groups is 1. The molecule has 1 unspecified atom stereocenters. The number of carboxylic acids is 1. The van der Waals surface area contributed by atoms with Crippen molar-refractivity contribution < 1.29 is 18.3 Å². The lowest BCUT2D eigenvalue weighted by Gasteiger charge is -2.28. The maximum Gasteiger partial charge on any atom is 0.312 e. The molecule has 0 aliphatic carbocycles. The number of hydrogen-bond donors (Lipinski definition) is 1. The summed E-state index contributed by atoms with van der Waals surface area (Å²) in [5, 5.41) is 12.9. The molecule has 1 atom stereocenters. The second-order valence-electron chi connectivity index (χ2n) is 3.99. The van der Waals surface area contributed by atoms with Crippen LogP contribution in [0.4, 0.5) is 0 Å². The van der Waals surface area contributed by atoms with Gasteiger partial charge >= 0.3 is 5.97 Å². The monoisotopic (exact) mass is 244 g/mol. The lowest BCUT2D eigenvalue weighted by molar-refractivity contribution is -0.138. The highest BCUT2D eigenvalue weighted by molar-refractivity contribution is 7.92. The second kappa shape index (κ2) is 3.58. The van der Waals surface area contributed by atoms with Gasteiger partial charge in [-0.1, -0.05) is 0 Å². The zero-order valence-electron chi connectivity index (χ0n) is 8.70. The molecule has 1 aromatic rings. The summed E-state index contributed by atoms with van der Waals surface area (Å²) in [6.45, 7) is 1.56. The van der Waals surface area contributed by atoms with Crippen LogP contribution in [0.15, 0.2) is 12.3 Å². The number of aliphatic carboxylic acids is 1. The third-order valence-electron chi connectivity index (χ3n) is 2.75. The van der Waals surface area contributed by atoms with Crippen LogP contribution >= 0.6 is 0 Å². The highest BCUT2D eigenvalue weighted by atomic mass is 32.2. The first kappa shape index (κ1) is 11.1. The summed E-state index contributed by atoms with van der Waals surface area (Å²) in [5.74, 6) is -1.52. The molecular formula is C9H12N2O4S. The normalized spacial score (nSPS) is 21.3. The summed E-state index contributed by atoms with van der Waals surface area (Å²) >= 11 is 0. The molecule has 88 valence electrons. The van der Waals surface area contributed by atoms with E-state index >= 15 is 0 Å². The summed E-state index contributed by atoms with van der Waals surface area (Å²) in [6, 6.07) is 1.40. The first-order valence-electron chi connectivity index (χ1n) is 4.87. The minimum atomic E-state index is -2.93. The maximum atomic E-state index is 11.1. The van der Waals surface area contributed by atoms with Crippen molar-refractivity contribution in [2.24, 2.45) is 0 Å². The van der Waals surface area contributed by atoms with Crippen molar-refractivity contribution in [3.05, 3.63) is 18.0 Å². The smallest absolute Gasteiger partial charge is 0.312 e. The van der Waals surface area contributed by atoms with Gasteiger partial charge in [0.05, 0.1) is 29.2 Å². The zero-order chi connectivity index (χ0) is 11.9. The van der Waals surface area contributed by atoms with Crippen LogP contribution in [0.5, 0.6) is 0 Å². The van der Waals surface area contributed by atoms with E-state index in [0.29, 0.717) is 5.69 Å². The largest absolute Gasteiger partial charge is 0.481 e. The number of nitrogens with zero attached hydrogens (tertiary/aromatic N) is 2. The van der Waals surface area contributed by atoms with Gasteiger partial charge < -0.3 is 5.11 Å². The van der Waals surface area contributed by atoms with E-state index in [9.17, 15) is 13.2 Å². The molecule has 0 spiro atoms. The first-order valence-corrected chi connectivity index (χ1v) is 6.69. The minimum absolute atomic E-state index is 0.0496. The molecular weight excluding hydrogens is 232 g/mol. The molecule has 1 aliphatic heterocycles. The quantitative estimate of drug-likeness (QED) is 0.811. The Bertz CT molecular complexity index is 507. The fraction of sp³-hybridized carbons (Fsp3) is 0.556. The Morgan fingerprint density at radius 3 is 2.75 bits per heavy atom. The molecule has 2 rings (SSSR count). The van der Waals surface area contributed by atoms with Gasteiger partial charge in [0.1, 0.15) is 0 Å². The molecule has 16 heavy (non-hydrogen) atoms. The van der Waals surface area contributed by atoms with Crippen molar-refractivity contribution in [1.29, 1.82) is 0 Å². The average molecular weight is 244 g/mol. The Hall–Kier alpha value is -1.37. The SMILES string of the molecule is CC(C(=O)O)c1ccnn1C1CS(=O)(=O)C1. The van der Waals surface area contributed by atoms with Gasteiger partial charge in [-0.15, -0.1) is 0 Å². The lowest BCUT2D eigenvalue weighted by atomic mass is 10.1. The van der Waals surface area contributed by atoms with Crippen LogP contribution in [0.3, 0.4) is 0 Å². The summed E-state index contributed by atoms with van der Waals surface area (Å²) in [6.07, 6.45) is 1.50. The van der Waals surface area contributed by atoms with E-state index in [1.165, 1.54) is 10.9 Å². The van der Waals surface area contributed by atoms with Crippen molar-refractivity contribution in [1.82, 2.24) is 9.78 Å². The van der Waals surface area contributed by atoms with Crippen molar-refractivity contribution in [2.75, 3.05) is 11.5 Å². The third-order valence-corrected chi connectivity index (χ3v) is 4.54. The van der Waals surface area contributed by atoms with Crippen LogP contribution < -0.4 is 0 Å². The third kappa shape index (κ3) is 1.82. The lowest BCUT2D eigenvalue weighted by Crippen LogP contribution is -2.39. The van der Waals surface area contributed by atoms with Crippen LogP contribution in [0.2, 0.25) is 0 Å². The first-order chi connectivity index (χ1) is 7.41. The molecule has 1 aliphatic rings. The van der Waals surface area contributed by atoms with Crippen molar-refractivity contribution in [3.8, 4) is 0 Å². The van der Waals surface area contributed by atoms with Crippen molar-refractivity contribution in [2.45, 2.75) is 18.9 Å². The molecule has 0 saturated carbocycles. The number of aromatic nitrogens is 2. The van der Waals surface area contributed by atoms with Gasteiger partial charge in [-0.3, -0.25) is 9.48 Å². The molecule has 6 nitrogen and oxygen atoms in total. The second-order valence-corrected chi connectivity index (χ2v) is 6.15. The molecule has 0 amide bonds. The number of hydrogen-bond acceptors (Lipinski definition) is 4. The van der Waals surface area contributed by atoms with E-state index in [4.69, 9.17) is 5.11 Å². The zero-order valence-corrected chi connectivity index (χ0v) is 9.51. The van der Waals surface area contributed by atoms with Crippen LogP contribution in [0.1, 0.15) is 24.6 Å². The molecule has 1 fully saturated rings. The van der Waals surface area contributed by atoms with Gasteiger partial charge in [0, 0.05) is 6.20 Å². The van der Waals surface area contributed by atoms with Crippen LogP contribution in [-0.4, -0.2) is 40.8 Å². The highest BCUT2D eigenvalue weighted by Gasteiger charge is 2.37. The van der Waals surface area contributed by atoms with Gasteiger partial charge in [0.15, 0.2) is 9.84 Å².